The number of aromatic hydroxyl groups is 1. The number of rotatable bonds is 3. The molecule has 175 valence electrons. The van der Waals surface area contributed by atoms with Crippen molar-refractivity contribution in [3.63, 3.8) is 0 Å². The van der Waals surface area contributed by atoms with Gasteiger partial charge < -0.3 is 10.0 Å². The van der Waals surface area contributed by atoms with Crippen molar-refractivity contribution in [2.24, 2.45) is 5.92 Å². The number of hydrogen-bond donors (Lipinski definition) is 1. The van der Waals surface area contributed by atoms with E-state index < -0.39 is 0 Å². The van der Waals surface area contributed by atoms with E-state index in [0.29, 0.717) is 5.02 Å². The zero-order valence-corrected chi connectivity index (χ0v) is 21.8. The molecule has 4 rings (SSSR count). The second kappa shape index (κ2) is 16.2. The first kappa shape index (κ1) is 31.5. The van der Waals surface area contributed by atoms with Crippen LogP contribution in [0.5, 0.6) is 5.75 Å². The van der Waals surface area contributed by atoms with Crippen molar-refractivity contribution in [3.8, 4) is 5.75 Å². The van der Waals surface area contributed by atoms with Crippen LogP contribution in [-0.4, -0.2) is 35.9 Å². The van der Waals surface area contributed by atoms with Crippen LogP contribution in [0.25, 0.3) is 0 Å². The van der Waals surface area contributed by atoms with Gasteiger partial charge in [-0.2, -0.15) is 0 Å². The fourth-order valence-corrected chi connectivity index (χ4v) is 4.15. The molecule has 0 amide bonds. The summed E-state index contributed by atoms with van der Waals surface area (Å²) in [5.74, 6) is 0.131. The van der Waals surface area contributed by atoms with E-state index in [-0.39, 0.29) is 43.8 Å². The van der Waals surface area contributed by atoms with E-state index in [1.54, 1.807) is 6.07 Å². The molecule has 0 spiro atoms. The number of likely N-dealkylation sites (N-methyl/N-ethyl adjacent to an activating group) is 1. The number of Topliss-reactive ketones (excluding diaryl/α,β-unsaturated/α-hetero) is 1. The first-order valence-corrected chi connectivity index (χ1v) is 10.2. The Morgan fingerprint density at radius 1 is 1.06 bits per heavy atom. The molecule has 2 aromatic rings. The molecule has 0 aromatic heterocycles. The van der Waals surface area contributed by atoms with Gasteiger partial charge in [-0.15, -0.1) is 0 Å². The topological polar surface area (TPSA) is 100 Å². The van der Waals surface area contributed by atoms with Gasteiger partial charge in [0.2, 0.25) is 0 Å². The summed E-state index contributed by atoms with van der Waals surface area (Å²) in [7, 11) is 2.10. The number of hydrogen-bond acceptors (Lipinski definition) is 3. The summed E-state index contributed by atoms with van der Waals surface area (Å²) in [4.78, 5) is 15.1. The van der Waals surface area contributed by atoms with Gasteiger partial charge in [-0.25, -0.2) is 0 Å². The average molecular weight is 650 g/mol. The molecule has 2 aliphatic rings. The number of phenolic OH excluding ortho intramolecular Hbond substituents is 1. The summed E-state index contributed by atoms with van der Waals surface area (Å²) >= 11 is 6.15. The predicted octanol–water partition coefficient (Wildman–Crippen LogP) is 4.48. The molecule has 1 N–H and O–H groups in total. The number of nitrogens with zero attached hydrogens (tertiary/aromatic N) is 1. The molecule has 1 atom stereocenters. The first-order valence-electron chi connectivity index (χ1n) is 9.83. The van der Waals surface area contributed by atoms with Crippen LogP contribution in [0.4, 0.5) is 0 Å². The Bertz CT molecular complexity index is 1060. The second-order valence-corrected chi connectivity index (χ2v) is 7.76. The minimum Gasteiger partial charge on any atom is 0 e. The van der Waals surface area contributed by atoms with Crippen molar-refractivity contribution in [2.45, 2.75) is 12.3 Å². The van der Waals surface area contributed by atoms with E-state index in [9.17, 15) is 9.90 Å². The summed E-state index contributed by atoms with van der Waals surface area (Å²) in [6, 6.07) is 11.6. The second-order valence-electron chi connectivity index (χ2n) is 7.35. The number of carbonyl (C=O) groups is 1. The van der Waals surface area contributed by atoms with Crippen molar-refractivity contribution in [3.05, 3.63) is 108 Å². The molecule has 0 fully saturated rings. The van der Waals surface area contributed by atoms with Crippen LogP contribution in [0.15, 0.2) is 60.7 Å². The maximum Gasteiger partial charge on any atom is 0 e. The third-order valence-corrected chi connectivity index (χ3v) is 5.77. The van der Waals surface area contributed by atoms with Gasteiger partial charge in [-0.05, 0) is 48.4 Å². The molecule has 2 aromatic carbocycles. The Kier molecular flexibility index (Phi) is 15.0. The van der Waals surface area contributed by atoms with E-state index >= 15 is 0 Å². The maximum atomic E-state index is 12.8. The SMILES string of the molecule is CN1CCc2cc(Cl)c(O)cc2C(c2cccc(C(=O)C3C=CC=C3)c2)C1.[C-]#[O+].[C-]#[O+].[C-]#[O+].[Re]. The summed E-state index contributed by atoms with van der Waals surface area (Å²) in [6.07, 6.45) is 8.55. The molecule has 1 radical (unpaired) electrons. The van der Waals surface area contributed by atoms with Gasteiger partial charge in [0, 0.05) is 45.0 Å². The smallest absolute Gasteiger partial charge is 0 e. The Balaban J connectivity index is 0.00000145. The van der Waals surface area contributed by atoms with Crippen LogP contribution in [-0.2, 0) is 40.8 Å². The molecule has 6 nitrogen and oxygen atoms in total. The quantitative estimate of drug-likeness (QED) is 0.302. The van der Waals surface area contributed by atoms with E-state index in [0.717, 1.165) is 41.8 Å². The molecule has 1 aliphatic heterocycles. The molecule has 0 saturated heterocycles. The number of phenols is 1. The third kappa shape index (κ3) is 7.79. The number of carbonyl (C=O) groups excluding carboxylic acids is 1. The molecule has 1 aliphatic carbocycles. The van der Waals surface area contributed by atoms with Crippen LogP contribution in [0, 0.1) is 25.9 Å². The predicted molar refractivity (Wildman–Crippen MR) is 120 cm³/mol. The van der Waals surface area contributed by atoms with Gasteiger partial charge in [0.05, 0.1) is 10.9 Å². The van der Waals surface area contributed by atoms with Crippen molar-refractivity contribution in [1.29, 1.82) is 0 Å². The van der Waals surface area contributed by atoms with Gasteiger partial charge >= 0.3 is 33.9 Å². The van der Waals surface area contributed by atoms with Crippen molar-refractivity contribution in [1.82, 2.24) is 4.90 Å². The van der Waals surface area contributed by atoms with Crippen LogP contribution in [0.1, 0.15) is 33.0 Å². The Hall–Kier alpha value is -2.48. The van der Waals surface area contributed by atoms with Crippen LogP contribution >= 0.6 is 11.6 Å². The maximum absolute atomic E-state index is 12.8. The minimum atomic E-state index is -0.174. The molecule has 0 saturated carbocycles. The molecule has 34 heavy (non-hydrogen) atoms. The van der Waals surface area contributed by atoms with Gasteiger partial charge in [0.25, 0.3) is 0 Å². The van der Waals surface area contributed by atoms with E-state index in [2.05, 4.69) is 38.0 Å². The van der Waals surface area contributed by atoms with Gasteiger partial charge in [0.1, 0.15) is 5.75 Å². The van der Waals surface area contributed by atoms with E-state index in [1.165, 1.54) is 0 Å². The van der Waals surface area contributed by atoms with E-state index in [1.807, 2.05) is 48.6 Å². The average Bonchev–Trinajstić information content (AvgIpc) is 3.36. The standard InChI is InChI=1S/C23H22ClNO2.3CO.Re/c1-25-10-9-17-12-21(24)22(26)13-19(17)20(14-25)16-7-4-8-18(11-16)23(27)15-5-2-3-6-15;3*1-2;/h2-8,11-13,15,20,26H,9-10,14H2,1H3;;;;. The van der Waals surface area contributed by atoms with Crippen LogP contribution < -0.4 is 0 Å². The molecule has 0 bridgehead atoms. The molecule has 1 unspecified atom stereocenters. The van der Waals surface area contributed by atoms with Crippen molar-refractivity contribution < 1.29 is 44.3 Å². The monoisotopic (exact) mass is 650 g/mol. The number of benzene rings is 2. The van der Waals surface area contributed by atoms with Crippen molar-refractivity contribution >= 4 is 17.4 Å². The summed E-state index contributed by atoms with van der Waals surface area (Å²) < 4.78 is 22.5. The van der Waals surface area contributed by atoms with Gasteiger partial charge in [0.15, 0.2) is 5.78 Å². The molecule has 8 heteroatoms. The van der Waals surface area contributed by atoms with Crippen LogP contribution in [0.2, 0.25) is 5.02 Å². The van der Waals surface area contributed by atoms with Gasteiger partial charge in [-0.3, -0.25) is 4.79 Å². The Morgan fingerprint density at radius 3 is 2.29 bits per heavy atom. The fraction of sp³-hybridized carbons (Fsp3) is 0.231. The zero-order chi connectivity index (χ0) is 25.0. The summed E-state index contributed by atoms with van der Waals surface area (Å²) in [5, 5.41) is 10.6. The first-order chi connectivity index (χ1) is 16.0. The number of fused-ring (bicyclic) bond motifs is 1. The third-order valence-electron chi connectivity index (χ3n) is 5.47. The zero-order valence-electron chi connectivity index (χ0n) is 18.3. The van der Waals surface area contributed by atoms with E-state index in [4.69, 9.17) is 25.6 Å². The minimum absolute atomic E-state index is 0. The molecular formula is C26H22ClNO5Re. The fourth-order valence-electron chi connectivity index (χ4n) is 3.97. The molecule has 1 heterocycles. The number of ketones is 1. The van der Waals surface area contributed by atoms with Gasteiger partial charge in [-0.1, -0.05) is 54.1 Å². The van der Waals surface area contributed by atoms with Crippen LogP contribution in [0.3, 0.4) is 0 Å². The largest absolute Gasteiger partial charge is 0 e. The number of halogens is 1. The summed E-state index contributed by atoms with van der Waals surface area (Å²) in [5.41, 5.74) is 4.06. The normalized spacial score (nSPS) is 15.9. The van der Waals surface area contributed by atoms with Crippen molar-refractivity contribution in [2.75, 3.05) is 20.1 Å². The Morgan fingerprint density at radius 2 is 1.68 bits per heavy atom. The Labute approximate surface area is 218 Å². The molecular weight excluding hydrogens is 628 g/mol. The summed E-state index contributed by atoms with van der Waals surface area (Å²) in [6.45, 7) is 15.3. The number of allylic oxidation sites excluding steroid dienone is 4.